The first-order valence-corrected chi connectivity index (χ1v) is 6.47. The Morgan fingerprint density at radius 2 is 1.83 bits per heavy atom. The normalized spacial score (nSPS) is 10.4. The fourth-order valence-electron chi connectivity index (χ4n) is 1.40. The number of rotatable bonds is 3. The molecule has 1 heterocycles. The Kier molecular flexibility index (Phi) is 4.27. The van der Waals surface area contributed by atoms with E-state index in [0.717, 1.165) is 17.8 Å². The summed E-state index contributed by atoms with van der Waals surface area (Å²) in [5.74, 6) is 0.442. The van der Waals surface area contributed by atoms with Crippen molar-refractivity contribution in [3.63, 3.8) is 0 Å². The van der Waals surface area contributed by atoms with Gasteiger partial charge in [0.15, 0.2) is 0 Å². The summed E-state index contributed by atoms with van der Waals surface area (Å²) in [6.45, 7) is 2.00. The zero-order valence-corrected chi connectivity index (χ0v) is 11.8. The molecule has 0 bridgehead atoms. The first-order valence-electron chi connectivity index (χ1n) is 5.34. The molecule has 0 aliphatic rings. The van der Waals surface area contributed by atoms with Crippen LogP contribution in [0.25, 0.3) is 0 Å². The van der Waals surface area contributed by atoms with E-state index in [1.165, 1.54) is 0 Å². The second-order valence-electron chi connectivity index (χ2n) is 3.61. The van der Waals surface area contributed by atoms with Gasteiger partial charge in [-0.15, -0.1) is 0 Å². The van der Waals surface area contributed by atoms with Gasteiger partial charge in [0.2, 0.25) is 5.95 Å². The van der Waals surface area contributed by atoms with E-state index in [2.05, 4.69) is 15.3 Å². The van der Waals surface area contributed by atoms with Crippen LogP contribution in [0.2, 0.25) is 15.2 Å². The smallest absolute Gasteiger partial charge is 0.228 e. The third-order valence-electron chi connectivity index (χ3n) is 2.29. The molecule has 0 spiro atoms. The molecule has 18 heavy (non-hydrogen) atoms. The van der Waals surface area contributed by atoms with Crippen molar-refractivity contribution in [3.8, 4) is 0 Å². The maximum absolute atomic E-state index is 5.93. The van der Waals surface area contributed by atoms with Crippen LogP contribution in [0.15, 0.2) is 24.3 Å². The predicted octanol–water partition coefficient (Wildman–Crippen LogP) is 4.74. The highest BCUT2D eigenvalue weighted by atomic mass is 35.5. The molecule has 0 amide bonds. The molecule has 2 aromatic rings. The van der Waals surface area contributed by atoms with E-state index in [1.807, 2.05) is 6.92 Å². The largest absolute Gasteiger partial charge is 0.324 e. The van der Waals surface area contributed by atoms with Crippen molar-refractivity contribution in [2.45, 2.75) is 13.3 Å². The van der Waals surface area contributed by atoms with Crippen LogP contribution in [0.1, 0.15) is 12.6 Å². The van der Waals surface area contributed by atoms with Crippen molar-refractivity contribution in [2.24, 2.45) is 0 Å². The van der Waals surface area contributed by atoms with Crippen LogP contribution in [0.3, 0.4) is 0 Å². The zero-order chi connectivity index (χ0) is 13.1. The third-order valence-corrected chi connectivity index (χ3v) is 3.22. The third kappa shape index (κ3) is 3.25. The lowest BCUT2D eigenvalue weighted by atomic mass is 10.3. The SMILES string of the molecule is CCc1cc(Cl)nc(Nc2ccc(Cl)c(Cl)c2)n1. The minimum atomic E-state index is 0.407. The predicted molar refractivity (Wildman–Crippen MR) is 76.2 cm³/mol. The van der Waals surface area contributed by atoms with E-state index in [9.17, 15) is 0 Å². The summed E-state index contributed by atoms with van der Waals surface area (Å²) in [6.07, 6.45) is 0.790. The summed E-state index contributed by atoms with van der Waals surface area (Å²) >= 11 is 17.7. The van der Waals surface area contributed by atoms with Gasteiger partial charge in [-0.1, -0.05) is 41.7 Å². The van der Waals surface area contributed by atoms with Gasteiger partial charge in [0, 0.05) is 11.4 Å². The van der Waals surface area contributed by atoms with Crippen molar-refractivity contribution in [3.05, 3.63) is 45.2 Å². The fourth-order valence-corrected chi connectivity index (χ4v) is 1.91. The molecule has 94 valence electrons. The summed E-state index contributed by atoms with van der Waals surface area (Å²) in [4.78, 5) is 8.41. The first-order chi connectivity index (χ1) is 8.58. The molecular formula is C12H10Cl3N3. The van der Waals surface area contributed by atoms with E-state index in [4.69, 9.17) is 34.8 Å². The molecule has 0 radical (unpaired) electrons. The first kappa shape index (κ1) is 13.4. The highest BCUT2D eigenvalue weighted by Crippen LogP contribution is 2.26. The Morgan fingerprint density at radius 3 is 2.50 bits per heavy atom. The molecule has 0 saturated heterocycles. The average molecular weight is 303 g/mol. The molecule has 0 atom stereocenters. The summed E-state index contributed by atoms with van der Waals surface area (Å²) in [5.41, 5.74) is 1.63. The maximum Gasteiger partial charge on any atom is 0.228 e. The maximum atomic E-state index is 5.93. The number of halogens is 3. The standard InChI is InChI=1S/C12H10Cl3N3/c1-2-7-6-11(15)18-12(16-7)17-8-3-4-9(13)10(14)5-8/h3-6H,2H2,1H3,(H,16,17,18). The number of nitrogens with one attached hydrogen (secondary N) is 1. The van der Waals surface area contributed by atoms with E-state index in [0.29, 0.717) is 21.1 Å². The molecule has 6 heteroatoms. The number of anilines is 2. The van der Waals surface area contributed by atoms with Crippen molar-refractivity contribution in [2.75, 3.05) is 5.32 Å². The van der Waals surface area contributed by atoms with Crippen molar-refractivity contribution >= 4 is 46.4 Å². The molecule has 0 aliphatic carbocycles. The van der Waals surface area contributed by atoms with Gasteiger partial charge in [-0.05, 0) is 30.7 Å². The minimum Gasteiger partial charge on any atom is -0.324 e. The zero-order valence-electron chi connectivity index (χ0n) is 9.54. The highest BCUT2D eigenvalue weighted by molar-refractivity contribution is 6.42. The summed E-state index contributed by atoms with van der Waals surface area (Å²) in [7, 11) is 0. The Morgan fingerprint density at radius 1 is 1.06 bits per heavy atom. The van der Waals surface area contributed by atoms with Crippen molar-refractivity contribution < 1.29 is 0 Å². The molecule has 2 rings (SSSR count). The lowest BCUT2D eigenvalue weighted by Gasteiger charge is -2.07. The average Bonchev–Trinajstić information content (AvgIpc) is 2.33. The molecule has 0 fully saturated rings. The number of benzene rings is 1. The van der Waals surface area contributed by atoms with E-state index < -0.39 is 0 Å². The van der Waals surface area contributed by atoms with Crippen LogP contribution >= 0.6 is 34.8 Å². The Hall–Kier alpha value is -1.03. The number of hydrogen-bond acceptors (Lipinski definition) is 3. The molecule has 1 aromatic heterocycles. The number of aryl methyl sites for hydroxylation is 1. The number of aromatic nitrogens is 2. The summed E-state index contributed by atoms with van der Waals surface area (Å²) < 4.78 is 0. The van der Waals surface area contributed by atoms with Gasteiger partial charge in [-0.3, -0.25) is 0 Å². The quantitative estimate of drug-likeness (QED) is 0.832. The van der Waals surface area contributed by atoms with E-state index in [1.54, 1.807) is 24.3 Å². The van der Waals surface area contributed by atoms with Gasteiger partial charge in [0.05, 0.1) is 10.0 Å². The van der Waals surface area contributed by atoms with Crippen LogP contribution in [0.4, 0.5) is 11.6 Å². The van der Waals surface area contributed by atoms with Gasteiger partial charge in [0.1, 0.15) is 5.15 Å². The Labute approximate surface area is 120 Å². The summed E-state index contributed by atoms with van der Waals surface area (Å²) in [5, 5.41) is 4.42. The number of nitrogens with zero attached hydrogens (tertiary/aromatic N) is 2. The van der Waals surface area contributed by atoms with Gasteiger partial charge in [0.25, 0.3) is 0 Å². The lowest BCUT2D eigenvalue weighted by molar-refractivity contribution is 1.00. The van der Waals surface area contributed by atoms with Gasteiger partial charge >= 0.3 is 0 Å². The Bertz CT molecular complexity index is 572. The highest BCUT2D eigenvalue weighted by Gasteiger charge is 2.04. The minimum absolute atomic E-state index is 0.407. The van der Waals surface area contributed by atoms with Crippen LogP contribution in [-0.2, 0) is 6.42 Å². The fraction of sp³-hybridized carbons (Fsp3) is 0.167. The molecule has 1 N–H and O–H groups in total. The van der Waals surface area contributed by atoms with Gasteiger partial charge in [-0.2, -0.15) is 0 Å². The van der Waals surface area contributed by atoms with Gasteiger partial charge < -0.3 is 5.32 Å². The number of hydrogen-bond donors (Lipinski definition) is 1. The topological polar surface area (TPSA) is 37.8 Å². The molecular weight excluding hydrogens is 293 g/mol. The molecule has 3 nitrogen and oxygen atoms in total. The van der Waals surface area contributed by atoms with Crippen LogP contribution in [-0.4, -0.2) is 9.97 Å². The van der Waals surface area contributed by atoms with Crippen molar-refractivity contribution in [1.82, 2.24) is 9.97 Å². The Balaban J connectivity index is 2.27. The summed E-state index contributed by atoms with van der Waals surface area (Å²) in [6, 6.07) is 6.95. The second kappa shape index (κ2) is 5.74. The lowest BCUT2D eigenvalue weighted by Crippen LogP contribution is -2.00. The van der Waals surface area contributed by atoms with Crippen molar-refractivity contribution in [1.29, 1.82) is 0 Å². The monoisotopic (exact) mass is 301 g/mol. The van der Waals surface area contributed by atoms with Crippen LogP contribution in [0, 0.1) is 0 Å². The molecule has 0 aliphatic heterocycles. The van der Waals surface area contributed by atoms with Gasteiger partial charge in [-0.25, -0.2) is 9.97 Å². The van der Waals surface area contributed by atoms with Crippen LogP contribution < -0.4 is 5.32 Å². The molecule has 0 saturated carbocycles. The van der Waals surface area contributed by atoms with Crippen LogP contribution in [0.5, 0.6) is 0 Å². The van der Waals surface area contributed by atoms with E-state index in [-0.39, 0.29) is 0 Å². The molecule has 0 unspecified atom stereocenters. The second-order valence-corrected chi connectivity index (χ2v) is 4.81. The molecule has 1 aromatic carbocycles. The van der Waals surface area contributed by atoms with E-state index >= 15 is 0 Å².